The monoisotopic (exact) mass is 138 g/mol. The van der Waals surface area contributed by atoms with Crippen molar-refractivity contribution in [1.82, 2.24) is 0 Å². The Morgan fingerprint density at radius 1 is 0.875 bits per heavy atom. The van der Waals surface area contributed by atoms with Gasteiger partial charge >= 0.3 is 0 Å². The predicted molar refractivity (Wildman–Crippen MR) is 49.8 cm³/mol. The van der Waals surface area contributed by atoms with Gasteiger partial charge in [-0.1, -0.05) is 48.0 Å². The SMILES string of the molecule is C.C.CCCCC.P. The van der Waals surface area contributed by atoms with E-state index in [1.54, 1.807) is 0 Å². The molecule has 1 atom stereocenters. The lowest BCUT2D eigenvalue weighted by atomic mass is 10.3. The highest BCUT2D eigenvalue weighted by Crippen LogP contribution is 1.88. The summed E-state index contributed by atoms with van der Waals surface area (Å²) in [4.78, 5) is 0. The third-order valence-electron chi connectivity index (χ3n) is 0.707. The molecule has 0 aliphatic rings. The van der Waals surface area contributed by atoms with Crippen LogP contribution in [-0.2, 0) is 0 Å². The van der Waals surface area contributed by atoms with Crippen molar-refractivity contribution in [3.8, 4) is 0 Å². The molecule has 56 valence electrons. The quantitative estimate of drug-likeness (QED) is 0.512. The van der Waals surface area contributed by atoms with Crippen molar-refractivity contribution in [3.05, 3.63) is 0 Å². The number of unbranched alkanes of at least 4 members (excludes halogenated alkanes) is 2. The maximum absolute atomic E-state index is 2.21. The normalized spacial score (nSPS) is 5.25. The molecule has 0 amide bonds. The molecule has 0 saturated carbocycles. The van der Waals surface area contributed by atoms with Gasteiger partial charge in [-0.05, 0) is 0 Å². The van der Waals surface area contributed by atoms with Crippen LogP contribution in [0.5, 0.6) is 0 Å². The van der Waals surface area contributed by atoms with Crippen LogP contribution in [0.3, 0.4) is 0 Å². The van der Waals surface area contributed by atoms with E-state index >= 15 is 0 Å². The molecular formula is C7H23P. The van der Waals surface area contributed by atoms with Crippen molar-refractivity contribution in [2.45, 2.75) is 48.0 Å². The van der Waals surface area contributed by atoms with Crippen molar-refractivity contribution >= 4 is 9.90 Å². The summed E-state index contributed by atoms with van der Waals surface area (Å²) in [6, 6.07) is 0. The summed E-state index contributed by atoms with van der Waals surface area (Å²) in [6.07, 6.45) is 4.08. The Morgan fingerprint density at radius 2 is 1.12 bits per heavy atom. The van der Waals surface area contributed by atoms with Crippen LogP contribution < -0.4 is 0 Å². The molecule has 0 heterocycles. The Hall–Kier alpha value is 0.430. The molecule has 0 radical (unpaired) electrons. The second-order valence-electron chi connectivity index (χ2n) is 1.35. The second kappa shape index (κ2) is 26.1. The first kappa shape index (κ1) is 23.7. The number of hydrogen-bond donors (Lipinski definition) is 0. The van der Waals surface area contributed by atoms with E-state index in [-0.39, 0.29) is 24.8 Å². The molecule has 1 unspecified atom stereocenters. The summed E-state index contributed by atoms with van der Waals surface area (Å²) in [6.45, 7) is 4.42. The van der Waals surface area contributed by atoms with Gasteiger partial charge in [-0.25, -0.2) is 0 Å². The molecule has 0 nitrogen and oxygen atoms in total. The van der Waals surface area contributed by atoms with Crippen LogP contribution in [0.2, 0.25) is 0 Å². The van der Waals surface area contributed by atoms with Gasteiger partial charge in [0.2, 0.25) is 0 Å². The molecule has 1 heteroatoms. The van der Waals surface area contributed by atoms with Crippen molar-refractivity contribution in [3.63, 3.8) is 0 Å². The van der Waals surface area contributed by atoms with Gasteiger partial charge in [0.05, 0.1) is 0 Å². The number of rotatable bonds is 2. The molecule has 0 aromatic carbocycles. The van der Waals surface area contributed by atoms with Gasteiger partial charge in [0.15, 0.2) is 0 Å². The molecular weight excluding hydrogens is 115 g/mol. The molecule has 0 aromatic rings. The van der Waals surface area contributed by atoms with E-state index in [1.807, 2.05) is 0 Å². The maximum atomic E-state index is 2.21. The fraction of sp³-hybridized carbons (Fsp3) is 1.00. The van der Waals surface area contributed by atoms with Crippen molar-refractivity contribution in [1.29, 1.82) is 0 Å². The van der Waals surface area contributed by atoms with Gasteiger partial charge in [-0.3, -0.25) is 0 Å². The minimum atomic E-state index is 0. The lowest BCUT2D eigenvalue weighted by molar-refractivity contribution is 0.772. The van der Waals surface area contributed by atoms with Crippen LogP contribution >= 0.6 is 9.90 Å². The van der Waals surface area contributed by atoms with Gasteiger partial charge in [0.25, 0.3) is 0 Å². The van der Waals surface area contributed by atoms with Gasteiger partial charge < -0.3 is 0 Å². The predicted octanol–water partition coefficient (Wildman–Crippen LogP) is 3.53. The highest BCUT2D eigenvalue weighted by Gasteiger charge is 1.68. The molecule has 0 aliphatic heterocycles. The highest BCUT2D eigenvalue weighted by atomic mass is 31.0. The standard InChI is InChI=1S/C5H12.2CH4.H3P/c1-3-5-4-2;;;/h3-5H2,1-2H3;2*1H4;1H3. The van der Waals surface area contributed by atoms with E-state index < -0.39 is 0 Å². The summed E-state index contributed by atoms with van der Waals surface area (Å²) < 4.78 is 0. The lowest BCUT2D eigenvalue weighted by Crippen LogP contribution is -1.59. The molecule has 0 spiro atoms. The fourth-order valence-electron chi connectivity index (χ4n) is 0.354. The zero-order chi connectivity index (χ0) is 4.12. The summed E-state index contributed by atoms with van der Waals surface area (Å²) in [5.74, 6) is 0. The van der Waals surface area contributed by atoms with Crippen LogP contribution in [0.25, 0.3) is 0 Å². The topological polar surface area (TPSA) is 0 Å². The third kappa shape index (κ3) is 32.1. The van der Waals surface area contributed by atoms with Gasteiger partial charge in [-0.15, -0.1) is 0 Å². The Kier molecular flexibility index (Phi) is 77.4. The third-order valence-corrected chi connectivity index (χ3v) is 0.707. The molecule has 0 fully saturated rings. The van der Waals surface area contributed by atoms with Gasteiger partial charge in [0.1, 0.15) is 0 Å². The highest BCUT2D eigenvalue weighted by molar-refractivity contribution is 6.92. The average Bonchev–Trinajstić information content (AvgIpc) is 1.41. The average molecular weight is 138 g/mol. The van der Waals surface area contributed by atoms with Crippen molar-refractivity contribution < 1.29 is 0 Å². The molecule has 0 rings (SSSR count). The molecule has 0 N–H and O–H groups in total. The largest absolute Gasteiger partial charge is 0.153 e. The van der Waals surface area contributed by atoms with Crippen LogP contribution in [-0.4, -0.2) is 0 Å². The van der Waals surface area contributed by atoms with Gasteiger partial charge in [0, 0.05) is 0 Å². The summed E-state index contributed by atoms with van der Waals surface area (Å²) in [5, 5.41) is 0. The Labute approximate surface area is 58.7 Å². The molecule has 8 heavy (non-hydrogen) atoms. The van der Waals surface area contributed by atoms with Crippen LogP contribution in [0.1, 0.15) is 48.0 Å². The fourth-order valence-corrected chi connectivity index (χ4v) is 0.354. The minimum absolute atomic E-state index is 0. The van der Waals surface area contributed by atoms with E-state index in [2.05, 4.69) is 13.8 Å². The van der Waals surface area contributed by atoms with E-state index in [1.165, 1.54) is 19.3 Å². The second-order valence-corrected chi connectivity index (χ2v) is 1.35. The first-order chi connectivity index (χ1) is 2.41. The Bertz CT molecular complexity index is 11.9. The van der Waals surface area contributed by atoms with E-state index in [0.29, 0.717) is 0 Å². The first-order valence-corrected chi connectivity index (χ1v) is 2.41. The molecule has 0 saturated heterocycles. The number of hydrogen-bond acceptors (Lipinski definition) is 0. The van der Waals surface area contributed by atoms with Crippen molar-refractivity contribution in [2.75, 3.05) is 0 Å². The van der Waals surface area contributed by atoms with E-state index in [4.69, 9.17) is 0 Å². The van der Waals surface area contributed by atoms with Crippen LogP contribution in [0, 0.1) is 0 Å². The molecule has 0 aliphatic carbocycles. The maximum Gasteiger partial charge on any atom is -0.0538 e. The van der Waals surface area contributed by atoms with Crippen molar-refractivity contribution in [2.24, 2.45) is 0 Å². The van der Waals surface area contributed by atoms with E-state index in [9.17, 15) is 0 Å². The smallest absolute Gasteiger partial charge is 0.0538 e. The Balaban J connectivity index is -0.0000000267. The summed E-state index contributed by atoms with van der Waals surface area (Å²) in [7, 11) is 0. The molecule has 0 bridgehead atoms. The van der Waals surface area contributed by atoms with E-state index in [0.717, 1.165) is 0 Å². The summed E-state index contributed by atoms with van der Waals surface area (Å²) in [5.41, 5.74) is 0. The lowest BCUT2D eigenvalue weighted by Gasteiger charge is -1.79. The van der Waals surface area contributed by atoms with Crippen LogP contribution in [0.4, 0.5) is 0 Å². The summed E-state index contributed by atoms with van der Waals surface area (Å²) >= 11 is 0. The minimum Gasteiger partial charge on any atom is -0.153 e. The zero-order valence-electron chi connectivity index (χ0n) is 4.83. The first-order valence-electron chi connectivity index (χ1n) is 2.41. The van der Waals surface area contributed by atoms with Gasteiger partial charge in [-0.2, -0.15) is 9.90 Å². The Morgan fingerprint density at radius 3 is 1.12 bits per heavy atom. The molecule has 0 aromatic heterocycles. The zero-order valence-corrected chi connectivity index (χ0v) is 6.24. The van der Waals surface area contributed by atoms with Crippen LogP contribution in [0.15, 0.2) is 0 Å².